The first-order chi connectivity index (χ1) is 13.8. The van der Waals surface area contributed by atoms with Crippen molar-refractivity contribution in [3.63, 3.8) is 0 Å². The van der Waals surface area contributed by atoms with Gasteiger partial charge in [0, 0.05) is 23.4 Å². The van der Waals surface area contributed by atoms with Crippen LogP contribution in [0.25, 0.3) is 0 Å². The molecule has 29 heavy (non-hydrogen) atoms. The Morgan fingerprint density at radius 2 is 1.90 bits per heavy atom. The van der Waals surface area contributed by atoms with Crippen molar-refractivity contribution < 1.29 is 9.53 Å². The quantitative estimate of drug-likeness (QED) is 0.490. The van der Waals surface area contributed by atoms with E-state index in [-0.39, 0.29) is 5.91 Å². The Balaban J connectivity index is 1.73. The number of benzene rings is 2. The summed E-state index contributed by atoms with van der Waals surface area (Å²) in [5.41, 5.74) is 3.05. The van der Waals surface area contributed by atoms with Crippen molar-refractivity contribution in [1.29, 1.82) is 0 Å². The van der Waals surface area contributed by atoms with Crippen molar-refractivity contribution in [2.45, 2.75) is 39.5 Å². The number of hydrogen-bond acceptors (Lipinski definition) is 3. The van der Waals surface area contributed by atoms with Crippen LogP contribution < -0.4 is 4.90 Å². The maximum atomic E-state index is 13.1. The van der Waals surface area contributed by atoms with Gasteiger partial charge < -0.3 is 9.64 Å². The second-order valence-corrected chi connectivity index (χ2v) is 8.62. The molecule has 3 rings (SSSR count). The fraction of sp³-hybridized carbons (Fsp3) is 0.304. The summed E-state index contributed by atoms with van der Waals surface area (Å²) in [4.78, 5) is 14.8. The number of anilines is 1. The fourth-order valence-corrected chi connectivity index (χ4v) is 3.65. The van der Waals surface area contributed by atoms with Crippen LogP contribution in [0.1, 0.15) is 35.5 Å². The summed E-state index contributed by atoms with van der Waals surface area (Å²) in [6.45, 7) is 6.99. The number of ether oxygens (including phenoxy) is 1. The molecule has 0 bridgehead atoms. The van der Waals surface area contributed by atoms with Gasteiger partial charge in [0.05, 0.1) is 18.8 Å². The van der Waals surface area contributed by atoms with E-state index in [1.165, 1.54) is 0 Å². The molecule has 0 radical (unpaired) electrons. The van der Waals surface area contributed by atoms with Crippen LogP contribution in [-0.4, -0.2) is 28.3 Å². The lowest BCUT2D eigenvalue weighted by Gasteiger charge is -2.27. The minimum atomic E-state index is -0.483. The largest absolute Gasteiger partial charge is 0.369 e. The molecule has 0 saturated carbocycles. The minimum absolute atomic E-state index is 0.105. The van der Waals surface area contributed by atoms with Crippen LogP contribution in [0.4, 0.5) is 5.69 Å². The summed E-state index contributed by atoms with van der Waals surface area (Å²) >= 11 is 3.47. The minimum Gasteiger partial charge on any atom is -0.369 e. The molecule has 1 heterocycles. The monoisotopic (exact) mass is 455 g/mol. The Kier molecular flexibility index (Phi) is 6.55. The number of carbonyl (C=O) groups is 1. The first kappa shape index (κ1) is 21.3. The highest BCUT2D eigenvalue weighted by Crippen LogP contribution is 2.25. The molecule has 0 N–H and O–H groups in total. The molecular weight excluding hydrogens is 430 g/mol. The summed E-state index contributed by atoms with van der Waals surface area (Å²) in [6, 6.07) is 17.7. The average molecular weight is 456 g/mol. The molecule has 0 atom stereocenters. The van der Waals surface area contributed by atoms with Crippen molar-refractivity contribution in [2.24, 2.45) is 0 Å². The van der Waals surface area contributed by atoms with Gasteiger partial charge in [0.25, 0.3) is 5.91 Å². The van der Waals surface area contributed by atoms with E-state index in [4.69, 9.17) is 4.74 Å². The maximum Gasteiger partial charge on any atom is 0.276 e. The van der Waals surface area contributed by atoms with Gasteiger partial charge in [-0.05, 0) is 56.2 Å². The van der Waals surface area contributed by atoms with Crippen molar-refractivity contribution in [2.75, 3.05) is 11.9 Å². The lowest BCUT2D eigenvalue weighted by atomic mass is 10.1. The summed E-state index contributed by atoms with van der Waals surface area (Å²) in [6.07, 6.45) is 1.66. The molecule has 0 fully saturated rings. The predicted octanol–water partition coefficient (Wildman–Crippen LogP) is 5.23. The second-order valence-electron chi connectivity index (χ2n) is 7.70. The van der Waals surface area contributed by atoms with Gasteiger partial charge in [-0.1, -0.05) is 46.3 Å². The molecule has 3 aromatic rings. The van der Waals surface area contributed by atoms with Gasteiger partial charge in [0.2, 0.25) is 0 Å². The van der Waals surface area contributed by atoms with E-state index in [9.17, 15) is 4.79 Å². The molecule has 5 nitrogen and oxygen atoms in total. The van der Waals surface area contributed by atoms with Crippen LogP contribution in [-0.2, 0) is 17.9 Å². The summed E-state index contributed by atoms with van der Waals surface area (Å²) in [7, 11) is 1.78. The fourth-order valence-electron chi connectivity index (χ4n) is 3.18. The van der Waals surface area contributed by atoms with E-state index in [1.54, 1.807) is 28.9 Å². The Hall–Kier alpha value is -2.44. The van der Waals surface area contributed by atoms with Gasteiger partial charge in [-0.2, -0.15) is 5.10 Å². The van der Waals surface area contributed by atoms with E-state index in [0.29, 0.717) is 18.8 Å². The van der Waals surface area contributed by atoms with Gasteiger partial charge in [-0.25, -0.2) is 0 Å². The zero-order valence-corrected chi connectivity index (χ0v) is 18.8. The van der Waals surface area contributed by atoms with Gasteiger partial charge in [0.1, 0.15) is 5.69 Å². The third kappa shape index (κ3) is 5.34. The molecule has 1 aromatic heterocycles. The highest BCUT2D eigenvalue weighted by molar-refractivity contribution is 9.10. The van der Waals surface area contributed by atoms with Crippen molar-refractivity contribution in [1.82, 2.24) is 9.78 Å². The predicted molar refractivity (Wildman–Crippen MR) is 119 cm³/mol. The highest BCUT2D eigenvalue weighted by Gasteiger charge is 2.25. The second kappa shape index (κ2) is 8.93. The molecule has 0 unspecified atom stereocenters. The number of carbonyl (C=O) groups excluding carboxylic acids is 1. The van der Waals surface area contributed by atoms with Crippen LogP contribution in [0.2, 0.25) is 0 Å². The zero-order chi connectivity index (χ0) is 21.0. The average Bonchev–Trinajstić information content (AvgIpc) is 3.13. The highest BCUT2D eigenvalue weighted by atomic mass is 79.9. The molecule has 1 amide bonds. The Labute approximate surface area is 180 Å². The first-order valence-corrected chi connectivity index (χ1v) is 10.3. The van der Waals surface area contributed by atoms with Crippen molar-refractivity contribution in [3.05, 3.63) is 82.1 Å². The number of aromatic nitrogens is 2. The normalized spacial score (nSPS) is 11.5. The number of rotatable bonds is 7. The number of hydrogen-bond donors (Lipinski definition) is 0. The Morgan fingerprint density at radius 1 is 1.17 bits per heavy atom. The molecule has 6 heteroatoms. The lowest BCUT2D eigenvalue weighted by molar-refractivity contribution is -0.0431. The third-order valence-corrected chi connectivity index (χ3v) is 5.26. The van der Waals surface area contributed by atoms with E-state index >= 15 is 0 Å². The van der Waals surface area contributed by atoms with E-state index in [1.807, 2.05) is 69.3 Å². The van der Waals surface area contributed by atoms with Gasteiger partial charge in [-0.15, -0.1) is 0 Å². The first-order valence-electron chi connectivity index (χ1n) is 9.51. The molecule has 2 aromatic carbocycles. The summed E-state index contributed by atoms with van der Waals surface area (Å²) in [5.74, 6) is -0.105. The smallest absolute Gasteiger partial charge is 0.276 e. The topological polar surface area (TPSA) is 47.4 Å². The number of halogens is 1. The molecule has 152 valence electrons. The van der Waals surface area contributed by atoms with E-state index in [0.717, 1.165) is 21.3 Å². The molecule has 0 spiro atoms. The van der Waals surface area contributed by atoms with Gasteiger partial charge in [-0.3, -0.25) is 9.48 Å². The number of amides is 1. The Morgan fingerprint density at radius 3 is 2.59 bits per heavy atom. The standard InChI is InChI=1S/C23H26BrN3O2/c1-17-14-19(24)10-11-20(17)26(4)22(28)21-12-13-25-27(21)16-23(2,3)29-15-18-8-6-5-7-9-18/h5-14H,15-16H2,1-4H3. The van der Waals surface area contributed by atoms with Gasteiger partial charge >= 0.3 is 0 Å². The van der Waals surface area contributed by atoms with Crippen LogP contribution in [0.15, 0.2) is 65.3 Å². The summed E-state index contributed by atoms with van der Waals surface area (Å²) in [5, 5.41) is 4.37. The zero-order valence-electron chi connectivity index (χ0n) is 17.2. The van der Waals surface area contributed by atoms with E-state index < -0.39 is 5.60 Å². The van der Waals surface area contributed by atoms with E-state index in [2.05, 4.69) is 21.0 Å². The third-order valence-electron chi connectivity index (χ3n) is 4.76. The molecule has 0 aliphatic heterocycles. The summed E-state index contributed by atoms with van der Waals surface area (Å²) < 4.78 is 8.82. The molecular formula is C23H26BrN3O2. The SMILES string of the molecule is Cc1cc(Br)ccc1N(C)C(=O)c1ccnn1CC(C)(C)OCc1ccccc1. The van der Waals surface area contributed by atoms with Crippen LogP contribution in [0, 0.1) is 6.92 Å². The Bertz CT molecular complexity index is 983. The molecule has 0 saturated heterocycles. The maximum absolute atomic E-state index is 13.1. The van der Waals surface area contributed by atoms with Crippen LogP contribution in [0.3, 0.4) is 0 Å². The van der Waals surface area contributed by atoms with Crippen molar-refractivity contribution >= 4 is 27.5 Å². The van der Waals surface area contributed by atoms with Crippen LogP contribution in [0.5, 0.6) is 0 Å². The number of nitrogens with zero attached hydrogens (tertiary/aromatic N) is 3. The van der Waals surface area contributed by atoms with Crippen LogP contribution >= 0.6 is 15.9 Å². The number of aryl methyl sites for hydroxylation is 1. The lowest BCUT2D eigenvalue weighted by Crippen LogP contribution is -2.35. The van der Waals surface area contributed by atoms with Crippen molar-refractivity contribution in [3.8, 4) is 0 Å². The molecule has 0 aliphatic carbocycles. The molecule has 0 aliphatic rings. The van der Waals surface area contributed by atoms with Gasteiger partial charge in [0.15, 0.2) is 0 Å².